The lowest BCUT2D eigenvalue weighted by Gasteiger charge is -2.15. The number of aliphatic hydroxyl groups is 3. The Morgan fingerprint density at radius 1 is 1.44 bits per heavy atom. The Balaban J connectivity index is 2.30. The van der Waals surface area contributed by atoms with Crippen LogP contribution in [0.2, 0.25) is 0 Å². The Morgan fingerprint density at radius 2 is 2.11 bits per heavy atom. The molecular formula is C8H14N6O4. The molecule has 0 radical (unpaired) electrons. The maximum atomic E-state index is 9.77. The van der Waals surface area contributed by atoms with Crippen molar-refractivity contribution in [3.8, 4) is 0 Å². The monoisotopic (exact) mass is 258 g/mol. The zero-order chi connectivity index (χ0) is 13.4. The van der Waals surface area contributed by atoms with Gasteiger partial charge in [0.05, 0.1) is 6.61 Å². The molecule has 2 heterocycles. The van der Waals surface area contributed by atoms with Gasteiger partial charge in [0.15, 0.2) is 17.7 Å². The van der Waals surface area contributed by atoms with Gasteiger partial charge in [0.2, 0.25) is 0 Å². The predicted octanol–water partition coefficient (Wildman–Crippen LogP) is -3.24. The van der Waals surface area contributed by atoms with Crippen LogP contribution in [0.3, 0.4) is 0 Å². The maximum absolute atomic E-state index is 9.77. The van der Waals surface area contributed by atoms with Crippen molar-refractivity contribution in [2.75, 3.05) is 12.3 Å². The Kier molecular flexibility index (Phi) is 3.17. The molecule has 18 heavy (non-hydrogen) atoms. The quantitative estimate of drug-likeness (QED) is 0.242. The molecule has 1 aliphatic rings. The molecule has 10 nitrogen and oxygen atoms in total. The van der Waals surface area contributed by atoms with E-state index in [1.54, 1.807) is 0 Å². The second-order valence-corrected chi connectivity index (χ2v) is 3.91. The predicted molar refractivity (Wildman–Crippen MR) is 58.5 cm³/mol. The minimum atomic E-state index is -1.31. The van der Waals surface area contributed by atoms with E-state index < -0.39 is 31.1 Å². The summed E-state index contributed by atoms with van der Waals surface area (Å²) in [4.78, 5) is 0. The number of rotatable bonds is 3. The number of nitrogen functional groups attached to an aromatic ring is 2. The fourth-order valence-corrected chi connectivity index (χ4v) is 1.76. The van der Waals surface area contributed by atoms with E-state index in [-0.39, 0.29) is 17.3 Å². The van der Waals surface area contributed by atoms with Crippen molar-refractivity contribution in [2.24, 2.45) is 5.73 Å². The first-order valence-corrected chi connectivity index (χ1v) is 5.15. The van der Waals surface area contributed by atoms with Gasteiger partial charge in [0.1, 0.15) is 24.1 Å². The first-order chi connectivity index (χ1) is 8.47. The Morgan fingerprint density at radius 3 is 2.56 bits per heavy atom. The van der Waals surface area contributed by atoms with Crippen molar-refractivity contribution in [1.82, 2.24) is 15.0 Å². The lowest BCUT2D eigenvalue weighted by atomic mass is 10.1. The third-order valence-electron chi connectivity index (χ3n) is 2.74. The Hall–Kier alpha value is -1.75. The number of hydrogen-bond donors (Lipinski definition) is 6. The topological polar surface area (TPSA) is 177 Å². The molecule has 4 atom stereocenters. The number of anilines is 1. The molecule has 1 aliphatic heterocycles. The SMILES string of the molecule is N=C(N)c1nnn([C@@H]2O[C@H](CO)[C@@H](O)[C@H]2O)c1N. The van der Waals surface area contributed by atoms with Crippen LogP contribution in [0.5, 0.6) is 0 Å². The number of nitrogens with zero attached hydrogens (tertiary/aromatic N) is 3. The highest BCUT2D eigenvalue weighted by molar-refractivity contribution is 5.96. The van der Waals surface area contributed by atoms with Crippen molar-refractivity contribution >= 4 is 11.7 Å². The molecule has 1 fully saturated rings. The fraction of sp³-hybridized carbons (Fsp3) is 0.625. The van der Waals surface area contributed by atoms with E-state index in [1.807, 2.05) is 0 Å². The van der Waals surface area contributed by atoms with Gasteiger partial charge < -0.3 is 31.5 Å². The molecule has 0 bridgehead atoms. The summed E-state index contributed by atoms with van der Waals surface area (Å²) in [6.07, 6.45) is -4.59. The van der Waals surface area contributed by atoms with Gasteiger partial charge in [0.25, 0.3) is 0 Å². The molecule has 0 saturated carbocycles. The van der Waals surface area contributed by atoms with Gasteiger partial charge in [-0.05, 0) is 0 Å². The molecule has 1 aromatic rings. The van der Waals surface area contributed by atoms with Crippen LogP contribution >= 0.6 is 0 Å². The van der Waals surface area contributed by atoms with Crippen LogP contribution in [-0.4, -0.2) is 61.1 Å². The molecule has 1 aromatic heterocycles. The molecule has 0 aromatic carbocycles. The summed E-state index contributed by atoms with van der Waals surface area (Å²) in [5.74, 6) is -0.428. The standard InChI is InChI=1S/C8H14N6O4/c9-6(10)3-7(11)14(13-12-3)8-5(17)4(16)2(1-15)18-8/h2,4-5,8,15-17H,1,11H2,(H3,9,10)/t2-,4-,5-,8-/m1/s1. The molecule has 0 spiro atoms. The smallest absolute Gasteiger partial charge is 0.183 e. The lowest BCUT2D eigenvalue weighted by molar-refractivity contribution is -0.0582. The zero-order valence-electron chi connectivity index (χ0n) is 9.26. The van der Waals surface area contributed by atoms with Gasteiger partial charge >= 0.3 is 0 Å². The summed E-state index contributed by atoms with van der Waals surface area (Å²) in [6.45, 7) is -0.455. The highest BCUT2D eigenvalue weighted by Crippen LogP contribution is 2.30. The maximum Gasteiger partial charge on any atom is 0.183 e. The second kappa shape index (κ2) is 4.49. The number of nitrogens with two attached hydrogens (primary N) is 2. The van der Waals surface area contributed by atoms with Gasteiger partial charge in [-0.1, -0.05) is 5.21 Å². The first kappa shape index (κ1) is 12.7. The van der Waals surface area contributed by atoms with Crippen molar-refractivity contribution in [1.29, 1.82) is 5.41 Å². The van der Waals surface area contributed by atoms with Gasteiger partial charge in [-0.3, -0.25) is 5.41 Å². The van der Waals surface area contributed by atoms with Crippen LogP contribution in [0.1, 0.15) is 11.9 Å². The van der Waals surface area contributed by atoms with Gasteiger partial charge in [0, 0.05) is 0 Å². The minimum absolute atomic E-state index is 0.0345. The number of nitrogens with one attached hydrogen (secondary N) is 1. The summed E-state index contributed by atoms with van der Waals surface area (Å²) in [5, 5.41) is 42.7. The number of aliphatic hydroxyl groups excluding tert-OH is 3. The number of aromatic nitrogens is 3. The van der Waals surface area contributed by atoms with Crippen LogP contribution in [-0.2, 0) is 4.74 Å². The molecule has 0 amide bonds. The minimum Gasteiger partial charge on any atom is -0.394 e. The molecule has 0 aliphatic carbocycles. The molecule has 8 N–H and O–H groups in total. The van der Waals surface area contributed by atoms with Crippen LogP contribution < -0.4 is 11.5 Å². The fourth-order valence-electron chi connectivity index (χ4n) is 1.76. The molecule has 10 heteroatoms. The van der Waals surface area contributed by atoms with Crippen molar-refractivity contribution < 1.29 is 20.1 Å². The van der Waals surface area contributed by atoms with Gasteiger partial charge in [-0.2, -0.15) is 4.68 Å². The van der Waals surface area contributed by atoms with E-state index in [4.69, 9.17) is 26.7 Å². The molecule has 100 valence electrons. The average Bonchev–Trinajstić information content (AvgIpc) is 2.82. The highest BCUT2D eigenvalue weighted by Gasteiger charge is 2.44. The largest absolute Gasteiger partial charge is 0.394 e. The molecule has 2 rings (SSSR count). The lowest BCUT2D eigenvalue weighted by Crippen LogP contribution is -2.33. The van der Waals surface area contributed by atoms with E-state index in [9.17, 15) is 10.2 Å². The highest BCUT2D eigenvalue weighted by atomic mass is 16.6. The van der Waals surface area contributed by atoms with Crippen LogP contribution in [0.15, 0.2) is 0 Å². The van der Waals surface area contributed by atoms with E-state index in [2.05, 4.69) is 10.3 Å². The third-order valence-corrected chi connectivity index (χ3v) is 2.74. The number of ether oxygens (including phenoxy) is 1. The van der Waals surface area contributed by atoms with Crippen LogP contribution in [0, 0.1) is 5.41 Å². The van der Waals surface area contributed by atoms with Crippen LogP contribution in [0.4, 0.5) is 5.82 Å². The first-order valence-electron chi connectivity index (χ1n) is 5.15. The van der Waals surface area contributed by atoms with E-state index in [0.29, 0.717) is 0 Å². The van der Waals surface area contributed by atoms with E-state index in [1.165, 1.54) is 0 Å². The van der Waals surface area contributed by atoms with Crippen molar-refractivity contribution in [3.05, 3.63) is 5.69 Å². The summed E-state index contributed by atoms with van der Waals surface area (Å²) in [6, 6.07) is 0. The van der Waals surface area contributed by atoms with Gasteiger partial charge in [-0.25, -0.2) is 0 Å². The normalized spacial score (nSPS) is 31.7. The Bertz CT molecular complexity index is 462. The Labute approximate surface area is 101 Å². The summed E-state index contributed by atoms with van der Waals surface area (Å²) >= 11 is 0. The van der Waals surface area contributed by atoms with Crippen molar-refractivity contribution in [2.45, 2.75) is 24.5 Å². The molecular weight excluding hydrogens is 244 g/mol. The number of hydrogen-bond acceptors (Lipinski definition) is 8. The average molecular weight is 258 g/mol. The summed E-state index contributed by atoms with van der Waals surface area (Å²) in [5.41, 5.74) is 10.9. The van der Waals surface area contributed by atoms with Crippen molar-refractivity contribution in [3.63, 3.8) is 0 Å². The third kappa shape index (κ3) is 1.80. The number of amidine groups is 1. The van der Waals surface area contributed by atoms with Gasteiger partial charge in [-0.15, -0.1) is 5.10 Å². The van der Waals surface area contributed by atoms with E-state index in [0.717, 1.165) is 4.68 Å². The molecule has 1 saturated heterocycles. The second-order valence-electron chi connectivity index (χ2n) is 3.91. The zero-order valence-corrected chi connectivity index (χ0v) is 9.26. The summed E-state index contributed by atoms with van der Waals surface area (Å²) < 4.78 is 6.23. The van der Waals surface area contributed by atoms with E-state index >= 15 is 0 Å². The molecule has 0 unspecified atom stereocenters. The summed E-state index contributed by atoms with van der Waals surface area (Å²) in [7, 11) is 0. The van der Waals surface area contributed by atoms with Crippen LogP contribution in [0.25, 0.3) is 0 Å².